The highest BCUT2D eigenvalue weighted by atomic mass is 19.4. The summed E-state index contributed by atoms with van der Waals surface area (Å²) in [5, 5.41) is 7.13. The van der Waals surface area contributed by atoms with E-state index in [0.717, 1.165) is 0 Å². The van der Waals surface area contributed by atoms with Gasteiger partial charge in [0.15, 0.2) is 0 Å². The fourth-order valence-corrected chi connectivity index (χ4v) is 0.992. The van der Waals surface area contributed by atoms with Crippen LogP contribution < -0.4 is 5.73 Å². The van der Waals surface area contributed by atoms with Crippen molar-refractivity contribution < 1.29 is 17.6 Å². The van der Waals surface area contributed by atoms with Crippen LogP contribution in [-0.4, -0.2) is 22.9 Å². The lowest BCUT2D eigenvalue weighted by Crippen LogP contribution is -2.08. The lowest BCUT2D eigenvalue weighted by atomic mass is 10.3. The quantitative estimate of drug-likeness (QED) is 0.820. The number of aryl methyl sites for hydroxylation is 2. The van der Waals surface area contributed by atoms with Gasteiger partial charge in [-0.05, 0) is 13.0 Å². The average molecular weight is 223 g/mol. The van der Waals surface area contributed by atoms with Gasteiger partial charge in [0.25, 0.3) is 0 Å². The molecule has 0 amide bonds. The molecule has 0 aliphatic rings. The van der Waals surface area contributed by atoms with Crippen molar-refractivity contribution in [1.82, 2.24) is 10.2 Å². The molecule has 0 fully saturated rings. The molecule has 0 aromatic carbocycles. The minimum Gasteiger partial charge on any atom is -0.425 e. The summed E-state index contributed by atoms with van der Waals surface area (Å²) in [7, 11) is 0. The second-order valence-corrected chi connectivity index (χ2v) is 3.10. The first kappa shape index (κ1) is 12.0. The van der Waals surface area contributed by atoms with Crippen molar-refractivity contribution >= 4 is 0 Å². The first-order chi connectivity index (χ1) is 7.01. The number of alkyl halides is 3. The van der Waals surface area contributed by atoms with Gasteiger partial charge in [-0.1, -0.05) is 0 Å². The molecule has 0 radical (unpaired) electrons. The fraction of sp³-hybridized carbons (Fsp3) is 0.750. The summed E-state index contributed by atoms with van der Waals surface area (Å²) >= 11 is 0. The number of hydrogen-bond acceptors (Lipinski definition) is 4. The van der Waals surface area contributed by atoms with Crippen LogP contribution in [-0.2, 0) is 12.8 Å². The van der Waals surface area contributed by atoms with Crippen LogP contribution in [0, 0.1) is 0 Å². The lowest BCUT2D eigenvalue weighted by molar-refractivity contribution is -0.134. The molecule has 1 aromatic heterocycles. The fourth-order valence-electron chi connectivity index (χ4n) is 0.992. The summed E-state index contributed by atoms with van der Waals surface area (Å²) in [6.45, 7) is 0.486. The molecule has 1 aromatic rings. The van der Waals surface area contributed by atoms with E-state index >= 15 is 0 Å². The van der Waals surface area contributed by atoms with E-state index in [4.69, 9.17) is 10.2 Å². The van der Waals surface area contributed by atoms with Gasteiger partial charge in [0.1, 0.15) is 0 Å². The Labute approximate surface area is 84.7 Å². The summed E-state index contributed by atoms with van der Waals surface area (Å²) in [5.41, 5.74) is 5.26. The van der Waals surface area contributed by atoms with Gasteiger partial charge in [-0.25, -0.2) is 0 Å². The Hall–Kier alpha value is -1.11. The van der Waals surface area contributed by atoms with Crippen LogP contribution in [0.4, 0.5) is 13.2 Å². The molecule has 0 unspecified atom stereocenters. The summed E-state index contributed by atoms with van der Waals surface area (Å²) < 4.78 is 40.5. The van der Waals surface area contributed by atoms with E-state index in [1.165, 1.54) is 0 Å². The van der Waals surface area contributed by atoms with Gasteiger partial charge in [0.2, 0.25) is 11.8 Å². The molecule has 2 N–H and O–H groups in total. The SMILES string of the molecule is NCCCc1nnc(CCC(F)(F)F)o1. The van der Waals surface area contributed by atoms with Crippen molar-refractivity contribution in [2.75, 3.05) is 6.54 Å². The molecule has 15 heavy (non-hydrogen) atoms. The maximum Gasteiger partial charge on any atom is 0.389 e. The standard InChI is InChI=1S/C8H12F3N3O/c9-8(10,11)4-3-7-14-13-6(15-7)2-1-5-12/h1-5,12H2. The first-order valence-corrected chi connectivity index (χ1v) is 4.59. The minimum absolute atomic E-state index is 0.0272. The van der Waals surface area contributed by atoms with E-state index in [1.54, 1.807) is 0 Å². The van der Waals surface area contributed by atoms with Gasteiger partial charge in [-0.15, -0.1) is 10.2 Å². The first-order valence-electron chi connectivity index (χ1n) is 4.59. The number of aromatic nitrogens is 2. The van der Waals surface area contributed by atoms with Crippen LogP contribution in [0.5, 0.6) is 0 Å². The van der Waals surface area contributed by atoms with Crippen LogP contribution >= 0.6 is 0 Å². The Kier molecular flexibility index (Phi) is 4.07. The summed E-state index contributed by atoms with van der Waals surface area (Å²) in [6, 6.07) is 0. The zero-order valence-corrected chi connectivity index (χ0v) is 8.05. The molecule has 0 saturated heterocycles. The van der Waals surface area contributed by atoms with Crippen LogP contribution in [0.1, 0.15) is 24.6 Å². The van der Waals surface area contributed by atoms with Crippen molar-refractivity contribution in [3.8, 4) is 0 Å². The third kappa shape index (κ3) is 4.78. The summed E-state index contributed by atoms with van der Waals surface area (Å²) in [6.07, 6.45) is -4.20. The molecule has 0 saturated carbocycles. The van der Waals surface area contributed by atoms with Gasteiger partial charge >= 0.3 is 6.18 Å². The highest BCUT2D eigenvalue weighted by molar-refractivity contribution is 4.83. The van der Waals surface area contributed by atoms with E-state index in [9.17, 15) is 13.2 Å². The van der Waals surface area contributed by atoms with Gasteiger partial charge in [0, 0.05) is 12.8 Å². The van der Waals surface area contributed by atoms with Crippen LogP contribution in [0.3, 0.4) is 0 Å². The van der Waals surface area contributed by atoms with E-state index < -0.39 is 12.6 Å². The number of halogens is 3. The molecule has 1 heterocycles. The number of nitrogens with two attached hydrogens (primary N) is 1. The maximum atomic E-state index is 11.8. The molecule has 0 spiro atoms. The molecule has 86 valence electrons. The highest BCUT2D eigenvalue weighted by Crippen LogP contribution is 2.21. The van der Waals surface area contributed by atoms with Crippen molar-refractivity contribution in [3.63, 3.8) is 0 Å². The monoisotopic (exact) mass is 223 g/mol. The Morgan fingerprint density at radius 3 is 2.27 bits per heavy atom. The average Bonchev–Trinajstić information content (AvgIpc) is 2.58. The van der Waals surface area contributed by atoms with Gasteiger partial charge < -0.3 is 10.2 Å². The zero-order chi connectivity index (χ0) is 11.3. The van der Waals surface area contributed by atoms with Gasteiger partial charge in [-0.2, -0.15) is 13.2 Å². The Morgan fingerprint density at radius 2 is 1.73 bits per heavy atom. The number of nitrogens with zero attached hydrogens (tertiary/aromatic N) is 2. The molecule has 0 aliphatic heterocycles. The predicted molar refractivity (Wildman–Crippen MR) is 46.0 cm³/mol. The molecule has 0 bridgehead atoms. The molecular weight excluding hydrogens is 211 g/mol. The second kappa shape index (κ2) is 5.11. The predicted octanol–water partition coefficient (Wildman–Crippen LogP) is 1.46. The van der Waals surface area contributed by atoms with Crippen LogP contribution in [0.15, 0.2) is 4.42 Å². The van der Waals surface area contributed by atoms with Crippen molar-refractivity contribution in [1.29, 1.82) is 0 Å². The number of rotatable bonds is 5. The van der Waals surface area contributed by atoms with Gasteiger partial charge in [0.05, 0.1) is 6.42 Å². The molecule has 0 atom stereocenters. The van der Waals surface area contributed by atoms with Gasteiger partial charge in [-0.3, -0.25) is 0 Å². The van der Waals surface area contributed by atoms with Crippen molar-refractivity contribution in [3.05, 3.63) is 11.8 Å². The zero-order valence-electron chi connectivity index (χ0n) is 8.05. The Balaban J connectivity index is 2.39. The van der Waals surface area contributed by atoms with Crippen molar-refractivity contribution in [2.45, 2.75) is 31.9 Å². The summed E-state index contributed by atoms with van der Waals surface area (Å²) in [5.74, 6) is 0.372. The summed E-state index contributed by atoms with van der Waals surface area (Å²) in [4.78, 5) is 0. The van der Waals surface area contributed by atoms with E-state index in [1.807, 2.05) is 0 Å². The normalized spacial score (nSPS) is 12.0. The van der Waals surface area contributed by atoms with Crippen LogP contribution in [0.25, 0.3) is 0 Å². The smallest absolute Gasteiger partial charge is 0.389 e. The van der Waals surface area contributed by atoms with E-state index in [2.05, 4.69) is 10.2 Å². The second-order valence-electron chi connectivity index (χ2n) is 3.10. The van der Waals surface area contributed by atoms with E-state index in [0.29, 0.717) is 25.3 Å². The Morgan fingerprint density at radius 1 is 1.13 bits per heavy atom. The largest absolute Gasteiger partial charge is 0.425 e. The highest BCUT2D eigenvalue weighted by Gasteiger charge is 2.27. The lowest BCUT2D eigenvalue weighted by Gasteiger charge is -2.01. The Bertz CT molecular complexity index is 298. The molecule has 4 nitrogen and oxygen atoms in total. The molecular formula is C8H12F3N3O. The van der Waals surface area contributed by atoms with Crippen LogP contribution in [0.2, 0.25) is 0 Å². The third-order valence-corrected chi connectivity index (χ3v) is 1.73. The molecule has 1 rings (SSSR count). The van der Waals surface area contributed by atoms with E-state index in [-0.39, 0.29) is 12.3 Å². The topological polar surface area (TPSA) is 64.9 Å². The number of hydrogen-bond donors (Lipinski definition) is 1. The molecule has 0 aliphatic carbocycles. The van der Waals surface area contributed by atoms with Crippen molar-refractivity contribution in [2.24, 2.45) is 5.73 Å². The maximum absolute atomic E-state index is 11.8. The third-order valence-electron chi connectivity index (χ3n) is 1.73. The minimum atomic E-state index is -4.19. The molecule has 7 heteroatoms.